The first-order chi connectivity index (χ1) is 4.31. The topological polar surface area (TPSA) is 0 Å². The molecule has 0 heterocycles. The second kappa shape index (κ2) is 30.2. The molecule has 0 aromatic rings. The van der Waals surface area contributed by atoms with Crippen LogP contribution in [-0.2, 0) is 144 Å². The van der Waals surface area contributed by atoms with Crippen LogP contribution in [0.3, 0.4) is 0 Å². The van der Waals surface area contributed by atoms with Gasteiger partial charge in [0.1, 0.15) is 0 Å². The summed E-state index contributed by atoms with van der Waals surface area (Å²) in [5, 5.41) is 0. The van der Waals surface area contributed by atoms with Gasteiger partial charge >= 0.3 is 78.2 Å². The SMILES string of the molecule is [CH-]=C(/C=C\[CH]=[W])C[CH]=[W].[W].[W].[W].[W].[W]. The third kappa shape index (κ3) is 29.8. The molecule has 0 aliphatic rings. The fourth-order valence-corrected chi connectivity index (χ4v) is 1.30. The first kappa shape index (κ1) is 36.1. The molecule has 0 aromatic carbocycles. The Kier molecular flexibility index (Phi) is 78.1. The first-order valence-electron chi connectivity index (χ1n) is 2.48. The Morgan fingerprint density at radius 2 is 1.43 bits per heavy atom. The molecule has 14 heavy (non-hydrogen) atoms. The van der Waals surface area contributed by atoms with Gasteiger partial charge in [-0.1, -0.05) is 0 Å². The maximum absolute atomic E-state index is 5.57. The van der Waals surface area contributed by atoms with Crippen molar-refractivity contribution >= 4 is 8.80 Å². The summed E-state index contributed by atoms with van der Waals surface area (Å²) in [4.78, 5) is 0. The summed E-state index contributed by atoms with van der Waals surface area (Å²) in [5.74, 6) is 0. The van der Waals surface area contributed by atoms with E-state index in [1.165, 1.54) is 38.7 Å². The molecule has 0 amide bonds. The Balaban J connectivity index is -0.0000000320. The zero-order chi connectivity index (χ0) is 7.11. The van der Waals surface area contributed by atoms with Crippen LogP contribution in [0.4, 0.5) is 0 Å². The van der Waals surface area contributed by atoms with Crippen LogP contribution in [0.15, 0.2) is 17.7 Å². The van der Waals surface area contributed by atoms with Gasteiger partial charge in [-0.2, -0.15) is 0 Å². The zero-order valence-corrected chi connectivity index (χ0v) is 27.5. The van der Waals surface area contributed by atoms with Crippen LogP contribution in [0.1, 0.15) is 6.42 Å². The largest absolute Gasteiger partial charge is 0 e. The van der Waals surface area contributed by atoms with E-state index in [1.807, 2.05) is 12.2 Å². The molecule has 0 saturated carbocycles. The number of hydrogen-bond acceptors (Lipinski definition) is 0. The second-order valence-electron chi connectivity index (χ2n) is 1.44. The van der Waals surface area contributed by atoms with Crippen molar-refractivity contribution in [2.24, 2.45) is 0 Å². The standard InChI is InChI=1S/C7H7.7W/c1-4-6-7(3)5-2;;;;;;;/h1-4,6H,5H2;;;;;;;/q-1;;;;;;;/b6-4-;;;;;;;. The van der Waals surface area contributed by atoms with Crippen LogP contribution in [-0.4, -0.2) is 8.80 Å². The van der Waals surface area contributed by atoms with Crippen molar-refractivity contribution in [2.45, 2.75) is 6.42 Å². The van der Waals surface area contributed by atoms with Gasteiger partial charge in [-0.3, -0.25) is 0 Å². The molecule has 0 aliphatic carbocycles. The van der Waals surface area contributed by atoms with E-state index in [-0.39, 0.29) is 105 Å². The van der Waals surface area contributed by atoms with Crippen LogP contribution in [0, 0.1) is 6.58 Å². The third-order valence-corrected chi connectivity index (χ3v) is 1.87. The Hall–Kier alpha value is 4.04. The first-order valence-corrected chi connectivity index (χ1v) is 5.86. The molecule has 0 fully saturated rings. The Bertz CT molecular complexity index is 152. The van der Waals surface area contributed by atoms with Crippen molar-refractivity contribution in [1.82, 2.24) is 0 Å². The minimum atomic E-state index is 0. The molecule has 0 atom stereocenters. The smallest absolute Gasteiger partial charge is 0 e. The molecule has 0 unspecified atom stereocenters. The van der Waals surface area contributed by atoms with Crippen molar-refractivity contribution < 1.29 is 144 Å². The number of hydrogen-bond donors (Lipinski definition) is 0. The third-order valence-electron chi connectivity index (χ3n) is 0.708. The van der Waals surface area contributed by atoms with Crippen molar-refractivity contribution in [3.8, 4) is 0 Å². The minimum Gasteiger partial charge on any atom is 0 e. The average molecular weight is 1380 g/mol. The molecular formula is C7H7W7-. The molecule has 78 valence electrons. The fraction of sp³-hybridized carbons (Fsp3) is 0.143. The van der Waals surface area contributed by atoms with Gasteiger partial charge in [0, 0.05) is 105 Å². The second-order valence-corrected chi connectivity index (χ2v) is 3.62. The molecule has 0 rings (SSSR count). The number of rotatable bonds is 4. The molecule has 0 aliphatic heterocycles. The zero-order valence-electron chi connectivity index (χ0n) is 6.95. The molecule has 0 nitrogen and oxygen atoms in total. The van der Waals surface area contributed by atoms with Gasteiger partial charge in [0.05, 0.1) is 0 Å². The van der Waals surface area contributed by atoms with E-state index in [9.17, 15) is 0 Å². The Morgan fingerprint density at radius 3 is 1.71 bits per heavy atom. The van der Waals surface area contributed by atoms with Gasteiger partial charge in [-0.05, 0) is 0 Å². The van der Waals surface area contributed by atoms with Gasteiger partial charge in [-0.15, -0.1) is 0 Å². The van der Waals surface area contributed by atoms with Gasteiger partial charge in [0.2, 0.25) is 0 Å². The summed E-state index contributed by atoms with van der Waals surface area (Å²) in [5.41, 5.74) is 0.947. The summed E-state index contributed by atoms with van der Waals surface area (Å²) in [6, 6.07) is 0. The van der Waals surface area contributed by atoms with Crippen LogP contribution in [0.25, 0.3) is 0 Å². The summed E-state index contributed by atoms with van der Waals surface area (Å²) in [6.07, 6.45) is 4.87. The Morgan fingerprint density at radius 1 is 1.00 bits per heavy atom. The average Bonchev–Trinajstić information content (AvgIpc) is 1.85. The number of allylic oxidation sites excluding steroid dienone is 3. The van der Waals surface area contributed by atoms with Crippen molar-refractivity contribution in [1.29, 1.82) is 0 Å². The van der Waals surface area contributed by atoms with Crippen LogP contribution < -0.4 is 0 Å². The van der Waals surface area contributed by atoms with Crippen molar-refractivity contribution in [2.75, 3.05) is 0 Å². The monoisotopic (exact) mass is 1380 g/mol. The maximum Gasteiger partial charge on any atom is 0 e. The summed E-state index contributed by atoms with van der Waals surface area (Å²) in [6.45, 7) is 5.57. The van der Waals surface area contributed by atoms with Gasteiger partial charge in [0.25, 0.3) is 0 Å². The van der Waals surface area contributed by atoms with Crippen LogP contribution in [0.5, 0.6) is 0 Å². The van der Waals surface area contributed by atoms with Gasteiger partial charge < -0.3 is 0 Å². The maximum atomic E-state index is 5.57. The predicted molar refractivity (Wildman–Crippen MR) is 33.7 cm³/mol. The van der Waals surface area contributed by atoms with Crippen LogP contribution >= 0.6 is 0 Å². The normalized spacial score (nSPS) is 6.00. The molecule has 0 spiro atoms. The molecular weight excluding hydrogens is 1370 g/mol. The molecule has 0 aromatic heterocycles. The van der Waals surface area contributed by atoms with Crippen LogP contribution in [0.2, 0.25) is 0 Å². The molecule has 0 saturated heterocycles. The predicted octanol–water partition coefficient (Wildman–Crippen LogP) is 0.978. The fourth-order valence-electron chi connectivity index (χ4n) is 0.327. The van der Waals surface area contributed by atoms with E-state index in [1.54, 1.807) is 0 Å². The van der Waals surface area contributed by atoms with Crippen molar-refractivity contribution in [3.05, 3.63) is 24.3 Å². The summed E-state index contributed by atoms with van der Waals surface area (Å²) in [7, 11) is 0. The van der Waals surface area contributed by atoms with E-state index >= 15 is 0 Å². The molecule has 0 radical (unpaired) electrons. The summed E-state index contributed by atoms with van der Waals surface area (Å²) < 4.78 is 4.18. The van der Waals surface area contributed by atoms with E-state index in [0.717, 1.165) is 12.0 Å². The molecule has 0 N–H and O–H groups in total. The van der Waals surface area contributed by atoms with E-state index in [2.05, 4.69) is 8.80 Å². The van der Waals surface area contributed by atoms with E-state index < -0.39 is 0 Å². The Labute approximate surface area is 180 Å². The van der Waals surface area contributed by atoms with E-state index in [4.69, 9.17) is 6.58 Å². The van der Waals surface area contributed by atoms with Crippen molar-refractivity contribution in [3.63, 3.8) is 0 Å². The van der Waals surface area contributed by atoms with Gasteiger partial charge in [-0.25, -0.2) is 0 Å². The minimum absolute atomic E-state index is 0. The van der Waals surface area contributed by atoms with Gasteiger partial charge in [0.15, 0.2) is 0 Å². The summed E-state index contributed by atoms with van der Waals surface area (Å²) >= 11 is 2.94. The molecule has 7 heteroatoms. The molecule has 0 bridgehead atoms. The quantitative estimate of drug-likeness (QED) is 0.292. The van der Waals surface area contributed by atoms with E-state index in [0.29, 0.717) is 0 Å².